The first-order valence-corrected chi connectivity index (χ1v) is 6.60. The van der Waals surface area contributed by atoms with E-state index in [0.29, 0.717) is 0 Å². The summed E-state index contributed by atoms with van der Waals surface area (Å²) < 4.78 is 0. The molecule has 0 bridgehead atoms. The Bertz CT molecular complexity index is 399. The fourth-order valence-electron chi connectivity index (χ4n) is 1.49. The van der Waals surface area contributed by atoms with Gasteiger partial charge < -0.3 is 10.6 Å². The maximum absolute atomic E-state index is 12.1. The number of carbonyl (C=O) groups excluding carboxylic acids is 1. The maximum atomic E-state index is 12.1. The van der Waals surface area contributed by atoms with Gasteiger partial charge in [-0.1, -0.05) is 39.8 Å². The van der Waals surface area contributed by atoms with E-state index in [0.717, 1.165) is 25.2 Å². The van der Waals surface area contributed by atoms with Crippen molar-refractivity contribution in [2.75, 3.05) is 11.9 Å². The Balaban J connectivity index is 2.70. The van der Waals surface area contributed by atoms with Gasteiger partial charge in [-0.3, -0.25) is 4.79 Å². The van der Waals surface area contributed by atoms with Crippen LogP contribution in [0, 0.1) is 5.41 Å². The van der Waals surface area contributed by atoms with Gasteiger partial charge in [0.2, 0.25) is 5.91 Å². The number of nitrogens with one attached hydrogen (secondary N) is 2. The van der Waals surface area contributed by atoms with E-state index in [1.165, 1.54) is 5.56 Å². The Labute approximate surface area is 110 Å². The zero-order valence-corrected chi connectivity index (χ0v) is 11.8. The SMILES string of the molecule is CCNCc1cccc(NC(=O)C(C)(C)CC)c1. The molecule has 0 aliphatic heterocycles. The summed E-state index contributed by atoms with van der Waals surface area (Å²) in [4.78, 5) is 12.1. The van der Waals surface area contributed by atoms with Gasteiger partial charge in [-0.25, -0.2) is 0 Å². The summed E-state index contributed by atoms with van der Waals surface area (Å²) in [6.07, 6.45) is 0.829. The zero-order chi connectivity index (χ0) is 13.6. The largest absolute Gasteiger partial charge is 0.326 e. The maximum Gasteiger partial charge on any atom is 0.230 e. The van der Waals surface area contributed by atoms with Crippen molar-refractivity contribution in [3.63, 3.8) is 0 Å². The van der Waals surface area contributed by atoms with Gasteiger partial charge in [-0.15, -0.1) is 0 Å². The minimum atomic E-state index is -0.322. The Morgan fingerprint density at radius 1 is 1.28 bits per heavy atom. The van der Waals surface area contributed by atoms with Crippen LogP contribution in [0.4, 0.5) is 5.69 Å². The van der Waals surface area contributed by atoms with Crippen LogP contribution in [-0.2, 0) is 11.3 Å². The second-order valence-electron chi connectivity index (χ2n) is 5.17. The smallest absolute Gasteiger partial charge is 0.230 e. The van der Waals surface area contributed by atoms with Gasteiger partial charge in [0, 0.05) is 17.6 Å². The highest BCUT2D eigenvalue weighted by atomic mass is 16.2. The molecule has 1 rings (SSSR count). The second-order valence-corrected chi connectivity index (χ2v) is 5.17. The Hall–Kier alpha value is -1.35. The van der Waals surface area contributed by atoms with E-state index >= 15 is 0 Å². The van der Waals surface area contributed by atoms with Crippen LogP contribution in [-0.4, -0.2) is 12.5 Å². The van der Waals surface area contributed by atoms with Crippen molar-refractivity contribution in [2.24, 2.45) is 5.41 Å². The number of anilines is 1. The van der Waals surface area contributed by atoms with E-state index in [9.17, 15) is 4.79 Å². The van der Waals surface area contributed by atoms with E-state index in [-0.39, 0.29) is 11.3 Å². The van der Waals surface area contributed by atoms with Crippen molar-refractivity contribution in [2.45, 2.75) is 40.7 Å². The molecule has 1 aromatic carbocycles. The molecule has 1 aromatic rings. The molecule has 0 aromatic heterocycles. The highest BCUT2D eigenvalue weighted by molar-refractivity contribution is 5.94. The lowest BCUT2D eigenvalue weighted by Crippen LogP contribution is -2.30. The summed E-state index contributed by atoms with van der Waals surface area (Å²) in [7, 11) is 0. The Morgan fingerprint density at radius 3 is 2.61 bits per heavy atom. The van der Waals surface area contributed by atoms with Gasteiger partial charge in [0.15, 0.2) is 0 Å². The number of benzene rings is 1. The summed E-state index contributed by atoms with van der Waals surface area (Å²) in [6, 6.07) is 7.98. The van der Waals surface area contributed by atoms with E-state index in [4.69, 9.17) is 0 Å². The lowest BCUT2D eigenvalue weighted by atomic mass is 9.89. The van der Waals surface area contributed by atoms with Crippen molar-refractivity contribution in [3.05, 3.63) is 29.8 Å². The van der Waals surface area contributed by atoms with Crippen LogP contribution in [0.1, 0.15) is 39.7 Å². The molecule has 0 radical (unpaired) electrons. The zero-order valence-electron chi connectivity index (χ0n) is 11.8. The normalized spacial score (nSPS) is 11.3. The summed E-state index contributed by atoms with van der Waals surface area (Å²) in [6.45, 7) is 9.81. The van der Waals surface area contributed by atoms with E-state index in [1.807, 2.05) is 39.0 Å². The summed E-state index contributed by atoms with van der Waals surface area (Å²) in [5.41, 5.74) is 1.73. The van der Waals surface area contributed by atoms with Gasteiger partial charge in [0.25, 0.3) is 0 Å². The average Bonchev–Trinajstić information content (AvgIpc) is 2.36. The van der Waals surface area contributed by atoms with Gasteiger partial charge in [-0.2, -0.15) is 0 Å². The summed E-state index contributed by atoms with van der Waals surface area (Å²) >= 11 is 0. The minimum absolute atomic E-state index is 0.0746. The van der Waals surface area contributed by atoms with E-state index < -0.39 is 0 Å². The van der Waals surface area contributed by atoms with Gasteiger partial charge in [0.1, 0.15) is 0 Å². The number of hydrogen-bond acceptors (Lipinski definition) is 2. The van der Waals surface area contributed by atoms with Crippen LogP contribution in [0.5, 0.6) is 0 Å². The lowest BCUT2D eigenvalue weighted by molar-refractivity contribution is -0.124. The molecule has 2 N–H and O–H groups in total. The van der Waals surface area contributed by atoms with Crippen molar-refractivity contribution < 1.29 is 4.79 Å². The van der Waals surface area contributed by atoms with Gasteiger partial charge in [-0.05, 0) is 30.7 Å². The third kappa shape index (κ3) is 4.15. The molecule has 18 heavy (non-hydrogen) atoms. The monoisotopic (exact) mass is 248 g/mol. The summed E-state index contributed by atoms with van der Waals surface area (Å²) in [5.74, 6) is 0.0746. The predicted octanol–water partition coefficient (Wildman–Crippen LogP) is 3.17. The molecule has 0 fully saturated rings. The quantitative estimate of drug-likeness (QED) is 0.812. The van der Waals surface area contributed by atoms with Crippen LogP contribution >= 0.6 is 0 Å². The van der Waals surface area contributed by atoms with Crippen LogP contribution in [0.3, 0.4) is 0 Å². The predicted molar refractivity (Wildman–Crippen MR) is 76.5 cm³/mol. The molecule has 1 amide bonds. The molecule has 0 atom stereocenters. The van der Waals surface area contributed by atoms with Gasteiger partial charge >= 0.3 is 0 Å². The molecule has 0 heterocycles. The van der Waals surface area contributed by atoms with Crippen LogP contribution in [0.25, 0.3) is 0 Å². The molecule has 3 heteroatoms. The van der Waals surface area contributed by atoms with Gasteiger partial charge in [0.05, 0.1) is 0 Å². The number of amides is 1. The van der Waals surface area contributed by atoms with E-state index in [1.54, 1.807) is 0 Å². The molecule has 0 spiro atoms. The highest BCUT2D eigenvalue weighted by Crippen LogP contribution is 2.22. The molecular formula is C15H24N2O. The molecular weight excluding hydrogens is 224 g/mol. The van der Waals surface area contributed by atoms with Crippen LogP contribution < -0.4 is 10.6 Å². The fraction of sp³-hybridized carbons (Fsp3) is 0.533. The second kappa shape index (κ2) is 6.55. The van der Waals surface area contributed by atoms with Crippen molar-refractivity contribution >= 4 is 11.6 Å². The third-order valence-electron chi connectivity index (χ3n) is 3.26. The van der Waals surface area contributed by atoms with Crippen LogP contribution in [0.15, 0.2) is 24.3 Å². The first-order valence-electron chi connectivity index (χ1n) is 6.60. The standard InChI is InChI=1S/C15H24N2O/c1-5-15(3,4)14(18)17-13-9-7-8-12(10-13)11-16-6-2/h7-10,16H,5-6,11H2,1-4H3,(H,17,18). The fourth-order valence-corrected chi connectivity index (χ4v) is 1.49. The first-order chi connectivity index (χ1) is 8.49. The molecule has 3 nitrogen and oxygen atoms in total. The molecule has 0 saturated heterocycles. The van der Waals surface area contributed by atoms with Crippen molar-refractivity contribution in [3.8, 4) is 0 Å². The first kappa shape index (κ1) is 14.7. The Kier molecular flexibility index (Phi) is 5.35. The Morgan fingerprint density at radius 2 is 2.00 bits per heavy atom. The molecule has 0 aliphatic rings. The number of hydrogen-bond donors (Lipinski definition) is 2. The lowest BCUT2D eigenvalue weighted by Gasteiger charge is -2.21. The highest BCUT2D eigenvalue weighted by Gasteiger charge is 2.25. The van der Waals surface area contributed by atoms with E-state index in [2.05, 4.69) is 23.6 Å². The average molecular weight is 248 g/mol. The van der Waals surface area contributed by atoms with Crippen LogP contribution in [0.2, 0.25) is 0 Å². The molecule has 0 aliphatic carbocycles. The minimum Gasteiger partial charge on any atom is -0.326 e. The van der Waals surface area contributed by atoms with Crippen molar-refractivity contribution in [1.29, 1.82) is 0 Å². The summed E-state index contributed by atoms with van der Waals surface area (Å²) in [5, 5.41) is 6.26. The molecule has 100 valence electrons. The number of rotatable bonds is 6. The topological polar surface area (TPSA) is 41.1 Å². The van der Waals surface area contributed by atoms with Crippen molar-refractivity contribution in [1.82, 2.24) is 5.32 Å². The molecule has 0 saturated carbocycles. The molecule has 0 unspecified atom stereocenters. The number of carbonyl (C=O) groups is 1. The third-order valence-corrected chi connectivity index (χ3v) is 3.26.